The predicted molar refractivity (Wildman–Crippen MR) is 129 cm³/mol. The number of hydrogen-bond acceptors (Lipinski definition) is 5. The average Bonchev–Trinajstić information content (AvgIpc) is 3.76. The van der Waals surface area contributed by atoms with Gasteiger partial charge in [0.15, 0.2) is 10.7 Å². The Balaban J connectivity index is 1.40. The number of alkyl halides is 2. The van der Waals surface area contributed by atoms with E-state index in [1.807, 2.05) is 18.2 Å². The summed E-state index contributed by atoms with van der Waals surface area (Å²) in [5.74, 6) is -2.73. The van der Waals surface area contributed by atoms with E-state index in [4.69, 9.17) is 0 Å². The molecule has 188 valence electrons. The van der Waals surface area contributed by atoms with Gasteiger partial charge in [-0.05, 0) is 72.8 Å². The third kappa shape index (κ3) is 6.01. The maximum Gasteiger partial charge on any atom is 0.248 e. The summed E-state index contributed by atoms with van der Waals surface area (Å²) in [5.41, 5.74) is 2.31. The lowest BCUT2D eigenvalue weighted by atomic mass is 9.78. The molecule has 2 N–H and O–H groups in total. The van der Waals surface area contributed by atoms with Crippen LogP contribution in [0.5, 0.6) is 0 Å². The first kappa shape index (κ1) is 24.6. The van der Waals surface area contributed by atoms with Crippen LogP contribution >= 0.6 is 0 Å². The van der Waals surface area contributed by atoms with Gasteiger partial charge in [-0.2, -0.15) is 0 Å². The fourth-order valence-electron chi connectivity index (χ4n) is 4.92. The van der Waals surface area contributed by atoms with Gasteiger partial charge in [0.1, 0.15) is 5.25 Å². The zero-order chi connectivity index (χ0) is 24.6. The zero-order valence-corrected chi connectivity index (χ0v) is 20.4. The van der Waals surface area contributed by atoms with Gasteiger partial charge in [-0.3, -0.25) is 9.78 Å². The van der Waals surface area contributed by atoms with Crippen molar-refractivity contribution >= 4 is 22.9 Å². The minimum Gasteiger partial charge on any atom is -0.611 e. The van der Waals surface area contributed by atoms with Crippen LogP contribution in [-0.4, -0.2) is 36.7 Å². The molecule has 5 rings (SSSR count). The number of benzene rings is 1. The molecule has 6 nitrogen and oxygen atoms in total. The van der Waals surface area contributed by atoms with E-state index in [1.165, 1.54) is 12.4 Å². The molecule has 1 aromatic heterocycles. The van der Waals surface area contributed by atoms with Crippen molar-refractivity contribution in [3.8, 4) is 0 Å². The molecule has 1 amide bonds. The summed E-state index contributed by atoms with van der Waals surface area (Å²) in [6.45, 7) is -0.241. The van der Waals surface area contributed by atoms with Crippen molar-refractivity contribution in [2.45, 2.75) is 92.3 Å². The van der Waals surface area contributed by atoms with Gasteiger partial charge in [0.25, 0.3) is 0 Å². The van der Waals surface area contributed by atoms with Crippen molar-refractivity contribution in [1.82, 2.24) is 9.97 Å². The molecule has 1 heterocycles. The van der Waals surface area contributed by atoms with Crippen LogP contribution in [0.2, 0.25) is 0 Å². The molecule has 0 aliphatic heterocycles. The van der Waals surface area contributed by atoms with E-state index < -0.39 is 23.0 Å². The highest BCUT2D eigenvalue weighted by Crippen LogP contribution is 2.47. The summed E-state index contributed by atoms with van der Waals surface area (Å²) in [4.78, 5) is 22.6. The van der Waals surface area contributed by atoms with Gasteiger partial charge < -0.3 is 15.0 Å². The van der Waals surface area contributed by atoms with E-state index in [0.717, 1.165) is 41.7 Å². The van der Waals surface area contributed by atoms with Gasteiger partial charge in [0.05, 0.1) is 30.6 Å². The molecule has 35 heavy (non-hydrogen) atoms. The van der Waals surface area contributed by atoms with E-state index in [9.17, 15) is 23.2 Å². The first-order valence-corrected chi connectivity index (χ1v) is 13.7. The number of nitrogens with zero attached hydrogens (tertiary/aromatic N) is 2. The molecule has 9 heteroatoms. The number of hydrogen-bond donors (Lipinski definition) is 2. The Kier molecular flexibility index (Phi) is 7.10. The number of halogens is 2. The summed E-state index contributed by atoms with van der Waals surface area (Å²) >= 11 is -1.02. The molecule has 2 aromatic rings. The number of carbonyl (C=O) groups excluding carboxylic acids is 1. The summed E-state index contributed by atoms with van der Waals surface area (Å²) in [6.07, 6.45) is 7.86. The molecular weight excluding hydrogens is 472 g/mol. The van der Waals surface area contributed by atoms with Crippen LogP contribution in [0, 0.1) is 5.92 Å². The summed E-state index contributed by atoms with van der Waals surface area (Å²) < 4.78 is 40.5. The molecule has 0 bridgehead atoms. The van der Waals surface area contributed by atoms with E-state index in [2.05, 4.69) is 15.3 Å². The average molecular weight is 504 g/mol. The minimum atomic E-state index is -2.62. The van der Waals surface area contributed by atoms with E-state index in [-0.39, 0.29) is 42.3 Å². The largest absolute Gasteiger partial charge is 0.611 e. The second-order valence-electron chi connectivity index (χ2n) is 10.2. The molecular formula is C26H31F2N3O3S. The number of anilines is 1. The van der Waals surface area contributed by atoms with Gasteiger partial charge in [-0.25, -0.2) is 13.8 Å². The fraction of sp³-hybridized carbons (Fsp3) is 0.577. The molecule has 0 spiro atoms. The second kappa shape index (κ2) is 10.1. The van der Waals surface area contributed by atoms with Crippen molar-refractivity contribution in [2.24, 2.45) is 5.92 Å². The van der Waals surface area contributed by atoms with Crippen molar-refractivity contribution in [1.29, 1.82) is 0 Å². The lowest BCUT2D eigenvalue weighted by Crippen LogP contribution is -2.29. The molecule has 3 fully saturated rings. The van der Waals surface area contributed by atoms with Crippen LogP contribution in [0.25, 0.3) is 0 Å². The minimum absolute atomic E-state index is 0.0258. The van der Waals surface area contributed by atoms with Crippen molar-refractivity contribution in [2.75, 3.05) is 5.32 Å². The maximum absolute atomic E-state index is 13.7. The van der Waals surface area contributed by atoms with Gasteiger partial charge in [-0.15, -0.1) is 0 Å². The molecule has 1 aromatic carbocycles. The predicted octanol–water partition coefficient (Wildman–Crippen LogP) is 5.05. The molecule has 3 aliphatic carbocycles. The van der Waals surface area contributed by atoms with E-state index in [0.29, 0.717) is 30.9 Å². The monoisotopic (exact) mass is 503 g/mol. The Morgan fingerprint density at radius 1 is 1.14 bits per heavy atom. The second-order valence-corrected chi connectivity index (χ2v) is 11.9. The lowest BCUT2D eigenvalue weighted by Gasteiger charge is -2.30. The number of aliphatic hydroxyl groups excluding tert-OH is 1. The first-order chi connectivity index (χ1) is 16.8. The Bertz CT molecular complexity index is 1050. The Morgan fingerprint density at radius 3 is 2.49 bits per heavy atom. The molecule has 2 atom stereocenters. The number of rotatable bonds is 9. The maximum atomic E-state index is 13.7. The normalized spacial score (nSPS) is 21.9. The van der Waals surface area contributed by atoms with Crippen LogP contribution in [0.1, 0.15) is 86.4 Å². The van der Waals surface area contributed by atoms with Crippen molar-refractivity contribution in [3.63, 3.8) is 0 Å². The highest BCUT2D eigenvalue weighted by molar-refractivity contribution is 7.92. The molecule has 0 saturated heterocycles. The Labute approximate surface area is 207 Å². The van der Waals surface area contributed by atoms with E-state index >= 15 is 0 Å². The number of aliphatic hydroxyl groups is 1. The smallest absolute Gasteiger partial charge is 0.248 e. The molecule has 2 unspecified atom stereocenters. The molecule has 3 saturated carbocycles. The molecule has 3 aliphatic rings. The molecule has 0 radical (unpaired) electrons. The van der Waals surface area contributed by atoms with Gasteiger partial charge in [-0.1, -0.05) is 6.07 Å². The van der Waals surface area contributed by atoms with E-state index in [1.54, 1.807) is 0 Å². The van der Waals surface area contributed by atoms with Gasteiger partial charge >= 0.3 is 0 Å². The summed E-state index contributed by atoms with van der Waals surface area (Å²) in [6, 6.07) is 5.85. The third-order valence-electron chi connectivity index (χ3n) is 7.34. The van der Waals surface area contributed by atoms with Crippen LogP contribution in [0.4, 0.5) is 14.6 Å². The summed E-state index contributed by atoms with van der Waals surface area (Å²) in [7, 11) is 0. The van der Waals surface area contributed by atoms with Gasteiger partial charge in [0.2, 0.25) is 11.8 Å². The highest BCUT2D eigenvalue weighted by Gasteiger charge is 2.41. The van der Waals surface area contributed by atoms with Crippen molar-refractivity contribution < 1.29 is 23.2 Å². The van der Waals surface area contributed by atoms with Gasteiger partial charge in [0, 0.05) is 31.2 Å². The first-order valence-electron chi connectivity index (χ1n) is 12.5. The Hall–Kier alpha value is -2.10. The van der Waals surface area contributed by atoms with Crippen molar-refractivity contribution in [3.05, 3.63) is 47.4 Å². The van der Waals surface area contributed by atoms with Crippen LogP contribution in [0.15, 0.2) is 35.5 Å². The SMILES string of the molecule is O=C(Nc1cnc(CO)cn1)C(CC1CCC(F)(F)CC1)c1ccc([S+]([O-])C2CC2)c(C2CC2)c1. The Morgan fingerprint density at radius 2 is 1.89 bits per heavy atom. The number of carbonyl (C=O) groups is 1. The fourth-order valence-corrected chi connectivity index (χ4v) is 6.50. The highest BCUT2D eigenvalue weighted by atomic mass is 32.2. The number of aromatic nitrogens is 2. The zero-order valence-electron chi connectivity index (χ0n) is 19.6. The quantitative estimate of drug-likeness (QED) is 0.467. The third-order valence-corrected chi connectivity index (χ3v) is 9.22. The standard InChI is InChI=1S/C26H31F2N3O3S/c27-26(28)9-7-16(8-10-26)11-22(25(33)31-24-14-29-19(15-32)13-30-24)18-3-6-23(35(34)20-4-5-20)21(12-18)17-1-2-17/h3,6,12-14,16-17,20,22,32H,1-2,4-5,7-11,15H2,(H,30,31,33). The topological polar surface area (TPSA) is 98.2 Å². The number of amides is 1. The lowest BCUT2D eigenvalue weighted by molar-refractivity contribution is -0.118. The number of nitrogens with one attached hydrogen (secondary N) is 1. The van der Waals surface area contributed by atoms with Crippen LogP contribution in [-0.2, 0) is 22.6 Å². The summed E-state index contributed by atoms with van der Waals surface area (Å²) in [5, 5.41) is 12.2. The van der Waals surface area contributed by atoms with Crippen LogP contribution < -0.4 is 5.32 Å². The van der Waals surface area contributed by atoms with Crippen LogP contribution in [0.3, 0.4) is 0 Å².